The monoisotopic (exact) mass is 400 g/mol. The average molecular weight is 401 g/mol. The summed E-state index contributed by atoms with van der Waals surface area (Å²) in [6.45, 7) is 5.02. The van der Waals surface area contributed by atoms with Gasteiger partial charge in [0, 0.05) is 37.4 Å². The number of anilines is 1. The van der Waals surface area contributed by atoms with Crippen LogP contribution < -0.4 is 21.3 Å². The van der Waals surface area contributed by atoms with Crippen molar-refractivity contribution in [1.82, 2.24) is 15.6 Å². The number of hydrogen-bond acceptors (Lipinski definition) is 4. The molecule has 1 unspecified atom stereocenters. The van der Waals surface area contributed by atoms with Crippen molar-refractivity contribution < 1.29 is 4.79 Å². The van der Waals surface area contributed by atoms with Gasteiger partial charge < -0.3 is 21.3 Å². The van der Waals surface area contributed by atoms with E-state index in [4.69, 9.17) is 17.3 Å². The largest absolute Gasteiger partial charge is 0.366 e. The molecular formula is C20H25ClN6O. The molecule has 8 heteroatoms. The Bertz CT molecular complexity index is 839. The van der Waals surface area contributed by atoms with Crippen LogP contribution in [0, 0.1) is 0 Å². The number of aliphatic imine (C=N–C) groups is 1. The number of guanidine groups is 1. The second kappa shape index (κ2) is 9.41. The molecule has 0 aliphatic carbocycles. The Kier molecular flexibility index (Phi) is 6.71. The number of pyridine rings is 1. The number of aromatic nitrogens is 1. The summed E-state index contributed by atoms with van der Waals surface area (Å²) in [5.74, 6) is 1.16. The van der Waals surface area contributed by atoms with Gasteiger partial charge in [-0.3, -0.25) is 4.79 Å². The van der Waals surface area contributed by atoms with Gasteiger partial charge in [0.05, 0.1) is 11.6 Å². The van der Waals surface area contributed by atoms with Crippen molar-refractivity contribution in [1.29, 1.82) is 0 Å². The summed E-state index contributed by atoms with van der Waals surface area (Å²) in [6.07, 6.45) is 2.74. The molecule has 1 saturated heterocycles. The minimum atomic E-state index is -0.427. The Labute approximate surface area is 170 Å². The zero-order chi connectivity index (χ0) is 19.9. The second-order valence-electron chi connectivity index (χ2n) is 6.64. The van der Waals surface area contributed by atoms with Crippen molar-refractivity contribution in [2.45, 2.75) is 25.9 Å². The highest BCUT2D eigenvalue weighted by molar-refractivity contribution is 6.32. The number of nitrogens with zero attached hydrogens (tertiary/aromatic N) is 3. The summed E-state index contributed by atoms with van der Waals surface area (Å²) < 4.78 is 0. The number of carbonyl (C=O) groups excluding carboxylic acids is 1. The second-order valence-corrected chi connectivity index (χ2v) is 7.05. The molecule has 1 aromatic carbocycles. The van der Waals surface area contributed by atoms with E-state index in [1.165, 1.54) is 0 Å². The van der Waals surface area contributed by atoms with Gasteiger partial charge in [-0.2, -0.15) is 0 Å². The summed E-state index contributed by atoms with van der Waals surface area (Å²) >= 11 is 6.27. The van der Waals surface area contributed by atoms with E-state index in [1.807, 2.05) is 31.2 Å². The number of rotatable bonds is 6. The third-order valence-electron chi connectivity index (χ3n) is 4.57. The van der Waals surface area contributed by atoms with Crippen LogP contribution in [0.5, 0.6) is 0 Å². The number of primary amides is 1. The first kappa shape index (κ1) is 19.9. The first-order valence-electron chi connectivity index (χ1n) is 9.36. The molecule has 0 radical (unpaired) electrons. The number of benzene rings is 1. The zero-order valence-electron chi connectivity index (χ0n) is 15.9. The molecule has 7 nitrogen and oxygen atoms in total. The maximum Gasteiger partial charge on any atom is 0.248 e. The molecule has 3 rings (SSSR count). The van der Waals surface area contributed by atoms with Gasteiger partial charge in [-0.05, 0) is 43.2 Å². The number of halogens is 1. The van der Waals surface area contributed by atoms with Crippen molar-refractivity contribution in [3.63, 3.8) is 0 Å². The standard InChI is InChI=1S/C20H25ClN6O/c1-2-23-20(25-12-14-5-7-15(8-6-14)18(22)28)26-16-9-11-27(13-16)19-17(21)4-3-10-24-19/h3-8,10,16H,2,9,11-13H2,1H3,(H2,22,28)(H2,23,25,26). The molecule has 4 N–H and O–H groups in total. The summed E-state index contributed by atoms with van der Waals surface area (Å²) in [4.78, 5) is 22.4. The number of carbonyl (C=O) groups is 1. The SMILES string of the molecule is CCNC(=NCc1ccc(C(N)=O)cc1)NC1CCN(c2ncccc2Cl)C1. The number of hydrogen-bond donors (Lipinski definition) is 3. The predicted octanol–water partition coefficient (Wildman–Crippen LogP) is 2.17. The Balaban J connectivity index is 1.60. The number of nitrogens with one attached hydrogen (secondary N) is 2. The highest BCUT2D eigenvalue weighted by Gasteiger charge is 2.25. The fourth-order valence-electron chi connectivity index (χ4n) is 3.14. The first-order chi connectivity index (χ1) is 13.6. The summed E-state index contributed by atoms with van der Waals surface area (Å²) in [7, 11) is 0. The highest BCUT2D eigenvalue weighted by atomic mass is 35.5. The molecule has 148 valence electrons. The molecule has 0 saturated carbocycles. The molecule has 0 spiro atoms. The third-order valence-corrected chi connectivity index (χ3v) is 4.87. The van der Waals surface area contributed by atoms with E-state index in [1.54, 1.807) is 18.3 Å². The van der Waals surface area contributed by atoms with Crippen LogP contribution in [0.1, 0.15) is 29.3 Å². The van der Waals surface area contributed by atoms with Crippen LogP contribution in [0.2, 0.25) is 5.02 Å². The molecule has 2 heterocycles. The van der Waals surface area contributed by atoms with E-state index < -0.39 is 5.91 Å². The van der Waals surface area contributed by atoms with Crippen molar-refractivity contribution in [2.75, 3.05) is 24.5 Å². The highest BCUT2D eigenvalue weighted by Crippen LogP contribution is 2.25. The molecule has 1 aliphatic rings. The van der Waals surface area contributed by atoms with Gasteiger partial charge in [0.2, 0.25) is 5.91 Å². The van der Waals surface area contributed by atoms with Crippen molar-refractivity contribution in [3.8, 4) is 0 Å². The molecule has 28 heavy (non-hydrogen) atoms. The topological polar surface area (TPSA) is 95.6 Å². The van der Waals surface area contributed by atoms with E-state index in [2.05, 4.69) is 25.5 Å². The van der Waals surface area contributed by atoms with Gasteiger partial charge in [0.25, 0.3) is 0 Å². The van der Waals surface area contributed by atoms with Gasteiger partial charge in [-0.15, -0.1) is 0 Å². The van der Waals surface area contributed by atoms with Crippen molar-refractivity contribution in [3.05, 3.63) is 58.7 Å². The molecule has 1 fully saturated rings. The number of nitrogens with two attached hydrogens (primary N) is 1. The molecule has 1 amide bonds. The lowest BCUT2D eigenvalue weighted by molar-refractivity contribution is 0.100. The lowest BCUT2D eigenvalue weighted by Crippen LogP contribution is -2.44. The minimum absolute atomic E-state index is 0.258. The predicted molar refractivity (Wildman–Crippen MR) is 113 cm³/mol. The lowest BCUT2D eigenvalue weighted by Gasteiger charge is -2.20. The Hall–Kier alpha value is -2.80. The first-order valence-corrected chi connectivity index (χ1v) is 9.73. The minimum Gasteiger partial charge on any atom is -0.366 e. The zero-order valence-corrected chi connectivity index (χ0v) is 16.6. The van der Waals surface area contributed by atoms with Crippen molar-refractivity contribution >= 4 is 29.3 Å². The molecule has 2 aromatic rings. The molecule has 1 aromatic heterocycles. The summed E-state index contributed by atoms with van der Waals surface area (Å²) in [5.41, 5.74) is 6.78. The number of amides is 1. The van der Waals surface area contributed by atoms with E-state index in [0.717, 1.165) is 43.4 Å². The van der Waals surface area contributed by atoms with E-state index in [9.17, 15) is 4.79 Å². The van der Waals surface area contributed by atoms with Crippen molar-refractivity contribution in [2.24, 2.45) is 10.7 Å². The Morgan fingerprint density at radius 3 is 2.82 bits per heavy atom. The smallest absolute Gasteiger partial charge is 0.248 e. The Morgan fingerprint density at radius 1 is 1.36 bits per heavy atom. The van der Waals surface area contributed by atoms with Gasteiger partial charge in [-0.1, -0.05) is 23.7 Å². The maximum atomic E-state index is 11.2. The maximum absolute atomic E-state index is 11.2. The lowest BCUT2D eigenvalue weighted by atomic mass is 10.1. The van der Waals surface area contributed by atoms with Crippen LogP contribution in [-0.2, 0) is 6.54 Å². The van der Waals surface area contributed by atoms with Crippen LogP contribution in [0.4, 0.5) is 5.82 Å². The summed E-state index contributed by atoms with van der Waals surface area (Å²) in [5, 5.41) is 7.44. The van der Waals surface area contributed by atoms with Gasteiger partial charge >= 0.3 is 0 Å². The third kappa shape index (κ3) is 5.13. The van der Waals surface area contributed by atoms with E-state index >= 15 is 0 Å². The summed E-state index contributed by atoms with van der Waals surface area (Å²) in [6, 6.07) is 11.1. The van der Waals surface area contributed by atoms with Gasteiger partial charge in [0.15, 0.2) is 5.96 Å². The molecule has 1 atom stereocenters. The Morgan fingerprint density at radius 2 is 2.14 bits per heavy atom. The van der Waals surface area contributed by atoms with Crippen LogP contribution in [0.25, 0.3) is 0 Å². The van der Waals surface area contributed by atoms with Crippen LogP contribution in [0.3, 0.4) is 0 Å². The van der Waals surface area contributed by atoms with Crippen LogP contribution in [0.15, 0.2) is 47.6 Å². The van der Waals surface area contributed by atoms with E-state index in [0.29, 0.717) is 17.1 Å². The fraction of sp³-hybridized carbons (Fsp3) is 0.350. The van der Waals surface area contributed by atoms with Crippen LogP contribution >= 0.6 is 11.6 Å². The van der Waals surface area contributed by atoms with E-state index in [-0.39, 0.29) is 6.04 Å². The van der Waals surface area contributed by atoms with Gasteiger partial charge in [0.1, 0.15) is 5.82 Å². The average Bonchev–Trinajstić information content (AvgIpc) is 3.15. The fourth-order valence-corrected chi connectivity index (χ4v) is 3.38. The quantitative estimate of drug-likeness (QED) is 0.510. The molecular weight excluding hydrogens is 376 g/mol. The normalized spacial score (nSPS) is 16.9. The molecule has 0 bridgehead atoms. The van der Waals surface area contributed by atoms with Gasteiger partial charge in [-0.25, -0.2) is 9.98 Å². The molecule has 1 aliphatic heterocycles. The van der Waals surface area contributed by atoms with Crippen LogP contribution in [-0.4, -0.2) is 42.5 Å².